The summed E-state index contributed by atoms with van der Waals surface area (Å²) in [6, 6.07) is 20.4. The van der Waals surface area contributed by atoms with Crippen LogP contribution in [0.1, 0.15) is 21.5 Å². The molecule has 0 spiro atoms. The lowest BCUT2D eigenvalue weighted by Gasteiger charge is -2.10. The van der Waals surface area contributed by atoms with E-state index in [2.05, 4.69) is 26.5 Å². The van der Waals surface area contributed by atoms with Crippen molar-refractivity contribution in [2.45, 2.75) is 6.61 Å². The van der Waals surface area contributed by atoms with Crippen LogP contribution in [-0.4, -0.2) is 26.3 Å². The molecule has 0 bridgehead atoms. The average Bonchev–Trinajstić information content (AvgIpc) is 2.78. The first-order valence-corrected chi connectivity index (χ1v) is 9.91. The first kappa shape index (κ1) is 21.4. The molecule has 0 saturated heterocycles. The van der Waals surface area contributed by atoms with E-state index in [1.54, 1.807) is 24.4 Å². The molecule has 1 N–H and O–H groups in total. The number of benzene rings is 3. The predicted molar refractivity (Wildman–Crippen MR) is 120 cm³/mol. The molecule has 0 saturated carbocycles. The number of carbonyl (C=O) groups excluding carboxylic acids is 1. The minimum Gasteiger partial charge on any atom is -0.493 e. The minimum absolute atomic E-state index is 0.367. The summed E-state index contributed by atoms with van der Waals surface area (Å²) in [6.07, 6.45) is 1.55. The van der Waals surface area contributed by atoms with Gasteiger partial charge in [-0.25, -0.2) is 5.43 Å². The summed E-state index contributed by atoms with van der Waals surface area (Å²) in [6.45, 7) is 0.432. The third-order valence-electron chi connectivity index (χ3n) is 4.22. The molecule has 0 unspecified atom stereocenters. The van der Waals surface area contributed by atoms with Crippen LogP contribution >= 0.6 is 15.9 Å². The zero-order valence-corrected chi connectivity index (χ0v) is 18.2. The van der Waals surface area contributed by atoms with Crippen molar-refractivity contribution >= 4 is 28.1 Å². The van der Waals surface area contributed by atoms with Gasteiger partial charge in [0.05, 0.1) is 20.4 Å². The number of hydrazone groups is 1. The van der Waals surface area contributed by atoms with E-state index in [4.69, 9.17) is 14.2 Å². The third-order valence-corrected chi connectivity index (χ3v) is 4.72. The zero-order valence-electron chi connectivity index (χ0n) is 16.6. The van der Waals surface area contributed by atoms with Crippen molar-refractivity contribution in [3.63, 3.8) is 0 Å². The smallest absolute Gasteiger partial charge is 0.271 e. The predicted octanol–water partition coefficient (Wildman–Crippen LogP) is 4.81. The van der Waals surface area contributed by atoms with Crippen LogP contribution in [0.5, 0.6) is 17.2 Å². The first-order valence-electron chi connectivity index (χ1n) is 9.12. The van der Waals surface area contributed by atoms with Crippen molar-refractivity contribution in [1.29, 1.82) is 0 Å². The molecule has 0 heterocycles. The third kappa shape index (κ3) is 5.61. The molecule has 0 aliphatic rings. The van der Waals surface area contributed by atoms with Crippen LogP contribution < -0.4 is 19.6 Å². The molecule has 1 amide bonds. The standard InChI is InChI=1S/C23H21BrN2O4/c1-28-21-10-8-17(13-22(21)29-2)23(27)26-25-14-18-12-19(24)9-11-20(18)30-15-16-6-4-3-5-7-16/h3-14H,15H2,1-2H3,(H,26,27)/b25-14-. The molecule has 0 aromatic heterocycles. The van der Waals surface area contributed by atoms with E-state index in [0.29, 0.717) is 29.4 Å². The maximum atomic E-state index is 12.4. The van der Waals surface area contributed by atoms with Gasteiger partial charge in [0.25, 0.3) is 5.91 Å². The number of hydrogen-bond acceptors (Lipinski definition) is 5. The summed E-state index contributed by atoms with van der Waals surface area (Å²) in [5, 5.41) is 4.08. The van der Waals surface area contributed by atoms with Crippen LogP contribution in [0, 0.1) is 0 Å². The molecule has 3 rings (SSSR count). The van der Waals surface area contributed by atoms with Gasteiger partial charge in [0, 0.05) is 15.6 Å². The van der Waals surface area contributed by atoms with Gasteiger partial charge < -0.3 is 14.2 Å². The number of amides is 1. The van der Waals surface area contributed by atoms with Crippen molar-refractivity contribution < 1.29 is 19.0 Å². The summed E-state index contributed by atoms with van der Waals surface area (Å²) < 4.78 is 17.2. The Morgan fingerprint density at radius 1 is 0.967 bits per heavy atom. The number of ether oxygens (including phenoxy) is 3. The number of halogens is 1. The molecule has 6 nitrogen and oxygen atoms in total. The van der Waals surface area contributed by atoms with Crippen LogP contribution in [0.3, 0.4) is 0 Å². The second-order valence-corrected chi connectivity index (χ2v) is 7.14. The van der Waals surface area contributed by atoms with Gasteiger partial charge in [-0.2, -0.15) is 5.10 Å². The van der Waals surface area contributed by atoms with Gasteiger partial charge in [-0.05, 0) is 42.0 Å². The van der Waals surface area contributed by atoms with E-state index in [1.807, 2.05) is 48.5 Å². The van der Waals surface area contributed by atoms with Crippen LogP contribution in [0.2, 0.25) is 0 Å². The minimum atomic E-state index is -0.367. The monoisotopic (exact) mass is 468 g/mol. The number of methoxy groups -OCH3 is 2. The summed E-state index contributed by atoms with van der Waals surface area (Å²) in [5.41, 5.74) is 4.71. The number of carbonyl (C=O) groups is 1. The molecule has 154 valence electrons. The van der Waals surface area contributed by atoms with Gasteiger partial charge >= 0.3 is 0 Å². The highest BCUT2D eigenvalue weighted by Gasteiger charge is 2.10. The summed E-state index contributed by atoms with van der Waals surface area (Å²) in [4.78, 5) is 12.4. The maximum Gasteiger partial charge on any atom is 0.271 e. The van der Waals surface area contributed by atoms with Gasteiger partial charge in [0.2, 0.25) is 0 Å². The van der Waals surface area contributed by atoms with Crippen molar-refractivity contribution in [3.8, 4) is 17.2 Å². The number of rotatable bonds is 8. The van der Waals surface area contributed by atoms with E-state index in [1.165, 1.54) is 14.2 Å². The second kappa shape index (κ2) is 10.5. The van der Waals surface area contributed by atoms with Gasteiger partial charge in [-0.3, -0.25) is 4.79 Å². The fourth-order valence-corrected chi connectivity index (χ4v) is 3.07. The largest absolute Gasteiger partial charge is 0.493 e. The van der Waals surface area contributed by atoms with Gasteiger partial charge in [0.15, 0.2) is 11.5 Å². The summed E-state index contributed by atoms with van der Waals surface area (Å²) >= 11 is 3.45. The van der Waals surface area contributed by atoms with Crippen molar-refractivity contribution in [1.82, 2.24) is 5.43 Å². The van der Waals surface area contributed by atoms with Crippen LogP contribution in [-0.2, 0) is 6.61 Å². The second-order valence-electron chi connectivity index (χ2n) is 6.23. The van der Waals surface area contributed by atoms with E-state index in [0.717, 1.165) is 15.6 Å². The van der Waals surface area contributed by atoms with E-state index < -0.39 is 0 Å². The lowest BCUT2D eigenvalue weighted by Crippen LogP contribution is -2.17. The maximum absolute atomic E-state index is 12.4. The number of hydrogen-bond donors (Lipinski definition) is 1. The van der Waals surface area contributed by atoms with Crippen molar-refractivity contribution in [2.75, 3.05) is 14.2 Å². The molecular formula is C23H21BrN2O4. The topological polar surface area (TPSA) is 69.2 Å². The Morgan fingerprint density at radius 2 is 1.70 bits per heavy atom. The molecule has 0 atom stereocenters. The summed E-state index contributed by atoms with van der Waals surface area (Å²) in [5.74, 6) is 1.31. The molecule has 0 aliphatic carbocycles. The van der Waals surface area contributed by atoms with E-state index >= 15 is 0 Å². The zero-order chi connectivity index (χ0) is 21.3. The Morgan fingerprint density at radius 3 is 2.43 bits per heavy atom. The Kier molecular flexibility index (Phi) is 7.45. The fraction of sp³-hybridized carbons (Fsp3) is 0.130. The first-order chi connectivity index (χ1) is 14.6. The Hall–Kier alpha value is -3.32. The molecule has 3 aromatic rings. The lowest BCUT2D eigenvalue weighted by atomic mass is 10.2. The van der Waals surface area contributed by atoms with Gasteiger partial charge in [0.1, 0.15) is 12.4 Å². The quantitative estimate of drug-likeness (QED) is 0.380. The normalized spacial score (nSPS) is 10.6. The van der Waals surface area contributed by atoms with Crippen LogP contribution in [0.4, 0.5) is 0 Å². The highest BCUT2D eigenvalue weighted by Crippen LogP contribution is 2.27. The van der Waals surface area contributed by atoms with E-state index in [9.17, 15) is 4.79 Å². The van der Waals surface area contributed by atoms with Crippen molar-refractivity contribution in [2.24, 2.45) is 5.10 Å². The highest BCUT2D eigenvalue weighted by molar-refractivity contribution is 9.10. The number of nitrogens with zero attached hydrogens (tertiary/aromatic N) is 1. The molecule has 7 heteroatoms. The fourth-order valence-electron chi connectivity index (χ4n) is 2.69. The van der Waals surface area contributed by atoms with Crippen molar-refractivity contribution in [3.05, 3.63) is 87.9 Å². The van der Waals surface area contributed by atoms with Gasteiger partial charge in [-0.1, -0.05) is 46.3 Å². The molecule has 0 aliphatic heterocycles. The number of nitrogens with one attached hydrogen (secondary N) is 1. The van der Waals surface area contributed by atoms with Crippen LogP contribution in [0.15, 0.2) is 76.3 Å². The molecule has 3 aromatic carbocycles. The summed E-state index contributed by atoms with van der Waals surface area (Å²) in [7, 11) is 3.05. The lowest BCUT2D eigenvalue weighted by molar-refractivity contribution is 0.0954. The Balaban J connectivity index is 1.69. The SMILES string of the molecule is COc1ccc(C(=O)N/N=C\c2cc(Br)ccc2OCc2ccccc2)cc1OC. The average molecular weight is 469 g/mol. The van der Waals surface area contributed by atoms with Crippen LogP contribution in [0.25, 0.3) is 0 Å². The Labute approximate surface area is 183 Å². The van der Waals surface area contributed by atoms with E-state index in [-0.39, 0.29) is 5.91 Å². The molecule has 0 fully saturated rings. The molecular weight excluding hydrogens is 448 g/mol. The van der Waals surface area contributed by atoms with Gasteiger partial charge in [-0.15, -0.1) is 0 Å². The molecule has 30 heavy (non-hydrogen) atoms. The highest BCUT2D eigenvalue weighted by atomic mass is 79.9. The molecule has 0 radical (unpaired) electrons. The Bertz CT molecular complexity index is 1040.